The van der Waals surface area contributed by atoms with Crippen LogP contribution >= 0.6 is 11.9 Å². The summed E-state index contributed by atoms with van der Waals surface area (Å²) in [5.74, 6) is 1.68. The zero-order chi connectivity index (χ0) is 22.1. The molecule has 0 atom stereocenters. The minimum Gasteiger partial charge on any atom is -0.494 e. The van der Waals surface area contributed by atoms with Crippen LogP contribution in [0.4, 0.5) is 4.79 Å². The second-order valence-corrected chi connectivity index (χ2v) is 9.66. The molecule has 2 aliphatic rings. The van der Waals surface area contributed by atoms with Crippen molar-refractivity contribution in [2.45, 2.75) is 58.5 Å². The summed E-state index contributed by atoms with van der Waals surface area (Å²) in [7, 11) is 0. The lowest BCUT2D eigenvalue weighted by Gasteiger charge is -2.31. The number of nitrogens with zero attached hydrogens (tertiary/aromatic N) is 2. The van der Waals surface area contributed by atoms with Gasteiger partial charge in [0.1, 0.15) is 5.75 Å². The summed E-state index contributed by atoms with van der Waals surface area (Å²) in [4.78, 5) is 13.8. The Kier molecular flexibility index (Phi) is 9.59. The summed E-state index contributed by atoms with van der Waals surface area (Å²) < 4.78 is 13.6. The highest BCUT2D eigenvalue weighted by Crippen LogP contribution is 2.27. The zero-order valence-electron chi connectivity index (χ0n) is 19.3. The molecular weight excluding hydrogens is 408 g/mol. The first-order valence-electron chi connectivity index (χ1n) is 11.7. The van der Waals surface area contributed by atoms with Crippen LogP contribution in [0.3, 0.4) is 0 Å². The second-order valence-electron chi connectivity index (χ2n) is 8.78. The molecule has 0 spiro atoms. The average molecular weight is 447 g/mol. The van der Waals surface area contributed by atoms with Crippen molar-refractivity contribution in [3.8, 4) is 5.75 Å². The van der Waals surface area contributed by atoms with Gasteiger partial charge >= 0.3 is 6.09 Å². The Morgan fingerprint density at radius 2 is 1.87 bits per heavy atom. The molecule has 0 aromatic heterocycles. The van der Waals surface area contributed by atoms with Crippen molar-refractivity contribution in [1.29, 1.82) is 0 Å². The minimum absolute atomic E-state index is 0.0447. The van der Waals surface area contributed by atoms with E-state index in [9.17, 15) is 4.79 Å². The van der Waals surface area contributed by atoms with Gasteiger partial charge in [-0.3, -0.25) is 0 Å². The highest BCUT2D eigenvalue weighted by Gasteiger charge is 2.23. The lowest BCUT2D eigenvalue weighted by molar-refractivity contribution is 0.0645. The third-order valence-electron chi connectivity index (χ3n) is 6.14. The van der Waals surface area contributed by atoms with Crippen LogP contribution in [-0.4, -0.2) is 60.4 Å². The first kappa shape index (κ1) is 24.0. The van der Waals surface area contributed by atoms with E-state index < -0.39 is 0 Å². The van der Waals surface area contributed by atoms with Gasteiger partial charge in [0.05, 0.1) is 12.7 Å². The number of likely N-dealkylation sites (tertiary alicyclic amines) is 1. The van der Waals surface area contributed by atoms with Gasteiger partial charge in [0.25, 0.3) is 0 Å². The molecule has 6 heteroatoms. The number of rotatable bonds is 9. The summed E-state index contributed by atoms with van der Waals surface area (Å²) in [6.07, 6.45) is 11.0. The van der Waals surface area contributed by atoms with E-state index in [4.69, 9.17) is 9.47 Å². The van der Waals surface area contributed by atoms with E-state index in [1.807, 2.05) is 30.7 Å². The Hall–Kier alpha value is -1.66. The Morgan fingerprint density at radius 3 is 2.48 bits per heavy atom. The van der Waals surface area contributed by atoms with Crippen LogP contribution in [0.25, 0.3) is 5.57 Å². The fourth-order valence-electron chi connectivity index (χ4n) is 4.25. The van der Waals surface area contributed by atoms with E-state index in [-0.39, 0.29) is 12.2 Å². The molecule has 31 heavy (non-hydrogen) atoms. The standard InChI is InChI=1S/C25H38N2O3S/c1-20(2)30-25(28)26-15-11-21(12-16-26)6-4-5-19-29-24-9-7-22(8-10-24)23-13-17-27(31-3)18-14-23/h7-10,13,20-21H,4-6,11-12,14-19H2,1-3H3. The number of hydrogen-bond acceptors (Lipinski definition) is 5. The number of hydrogen-bond donors (Lipinski definition) is 0. The lowest BCUT2D eigenvalue weighted by Crippen LogP contribution is -2.39. The van der Waals surface area contributed by atoms with E-state index in [1.54, 1.807) is 0 Å². The molecular formula is C25H38N2O3S. The quantitative estimate of drug-likeness (QED) is 0.351. The first-order valence-corrected chi connectivity index (χ1v) is 12.9. The Morgan fingerprint density at radius 1 is 1.13 bits per heavy atom. The van der Waals surface area contributed by atoms with E-state index >= 15 is 0 Å². The fourth-order valence-corrected chi connectivity index (χ4v) is 4.75. The molecule has 1 fully saturated rings. The van der Waals surface area contributed by atoms with Crippen molar-refractivity contribution in [1.82, 2.24) is 9.21 Å². The van der Waals surface area contributed by atoms with Gasteiger partial charge in [-0.05, 0) is 81.4 Å². The maximum atomic E-state index is 12.0. The van der Waals surface area contributed by atoms with Gasteiger partial charge in [-0.15, -0.1) is 0 Å². The molecule has 0 saturated carbocycles. The summed E-state index contributed by atoms with van der Waals surface area (Å²) in [6.45, 7) is 8.35. The fraction of sp³-hybridized carbons (Fsp3) is 0.640. The Labute approximate surface area is 192 Å². The van der Waals surface area contributed by atoms with Crippen LogP contribution in [0.15, 0.2) is 30.3 Å². The van der Waals surface area contributed by atoms with Gasteiger partial charge in [-0.1, -0.05) is 36.6 Å². The summed E-state index contributed by atoms with van der Waals surface area (Å²) in [5.41, 5.74) is 2.76. The summed E-state index contributed by atoms with van der Waals surface area (Å²) in [5, 5.41) is 0. The highest BCUT2D eigenvalue weighted by molar-refractivity contribution is 7.96. The van der Waals surface area contributed by atoms with Crippen molar-refractivity contribution in [2.75, 3.05) is 39.0 Å². The predicted molar refractivity (Wildman–Crippen MR) is 129 cm³/mol. The lowest BCUT2D eigenvalue weighted by atomic mass is 9.92. The van der Waals surface area contributed by atoms with Crippen LogP contribution in [0.1, 0.15) is 57.9 Å². The molecule has 1 aromatic carbocycles. The summed E-state index contributed by atoms with van der Waals surface area (Å²) in [6, 6.07) is 8.58. The largest absolute Gasteiger partial charge is 0.494 e. The molecule has 0 radical (unpaired) electrons. The molecule has 1 aromatic rings. The smallest absolute Gasteiger partial charge is 0.410 e. The number of carbonyl (C=O) groups excluding carboxylic acids is 1. The van der Waals surface area contributed by atoms with Crippen LogP contribution < -0.4 is 4.74 Å². The first-order chi connectivity index (χ1) is 15.0. The maximum absolute atomic E-state index is 12.0. The number of ether oxygens (including phenoxy) is 2. The number of carbonyl (C=O) groups is 1. The Bertz CT molecular complexity index is 712. The molecule has 5 nitrogen and oxygen atoms in total. The molecule has 0 unspecified atom stereocenters. The molecule has 2 aliphatic heterocycles. The number of unbranched alkanes of at least 4 members (excludes halogenated alkanes) is 1. The number of amides is 1. The molecule has 0 aliphatic carbocycles. The van der Waals surface area contributed by atoms with Crippen molar-refractivity contribution < 1.29 is 14.3 Å². The number of benzene rings is 1. The van der Waals surface area contributed by atoms with Crippen LogP contribution in [0, 0.1) is 5.92 Å². The van der Waals surface area contributed by atoms with Gasteiger partial charge in [-0.25, -0.2) is 9.10 Å². The van der Waals surface area contributed by atoms with Crippen LogP contribution in [0.5, 0.6) is 5.75 Å². The predicted octanol–water partition coefficient (Wildman–Crippen LogP) is 5.86. The molecule has 2 heterocycles. The zero-order valence-corrected chi connectivity index (χ0v) is 20.2. The van der Waals surface area contributed by atoms with Gasteiger partial charge in [0, 0.05) is 26.2 Å². The Balaban J connectivity index is 1.29. The average Bonchev–Trinajstić information content (AvgIpc) is 2.79. The van der Waals surface area contributed by atoms with Crippen molar-refractivity contribution >= 4 is 23.6 Å². The SMILES string of the molecule is CSN1CC=C(c2ccc(OCCCCC3CCN(C(=O)OC(C)C)CC3)cc2)CC1. The topological polar surface area (TPSA) is 42.0 Å². The van der Waals surface area contributed by atoms with Gasteiger partial charge in [-0.2, -0.15) is 0 Å². The van der Waals surface area contributed by atoms with E-state index in [0.717, 1.165) is 64.2 Å². The van der Waals surface area contributed by atoms with Crippen LogP contribution in [0.2, 0.25) is 0 Å². The molecule has 0 bridgehead atoms. The van der Waals surface area contributed by atoms with Crippen molar-refractivity contribution in [2.24, 2.45) is 5.92 Å². The minimum atomic E-state index is -0.158. The van der Waals surface area contributed by atoms with Crippen molar-refractivity contribution in [3.63, 3.8) is 0 Å². The molecule has 172 valence electrons. The molecule has 1 saturated heterocycles. The normalized spacial score (nSPS) is 18.2. The maximum Gasteiger partial charge on any atom is 0.410 e. The molecule has 3 rings (SSSR count). The second kappa shape index (κ2) is 12.4. The van der Waals surface area contributed by atoms with Crippen LogP contribution in [-0.2, 0) is 4.74 Å². The monoisotopic (exact) mass is 446 g/mol. The van der Waals surface area contributed by atoms with E-state index in [1.165, 1.54) is 24.0 Å². The molecule has 0 N–H and O–H groups in total. The third-order valence-corrected chi connectivity index (χ3v) is 6.99. The van der Waals surface area contributed by atoms with Gasteiger partial charge in [0.15, 0.2) is 0 Å². The van der Waals surface area contributed by atoms with E-state index in [2.05, 4.69) is 40.9 Å². The summed E-state index contributed by atoms with van der Waals surface area (Å²) >= 11 is 1.82. The van der Waals surface area contributed by atoms with Crippen molar-refractivity contribution in [3.05, 3.63) is 35.9 Å². The highest BCUT2D eigenvalue weighted by atomic mass is 32.2. The number of piperidine rings is 1. The molecule has 1 amide bonds. The third kappa shape index (κ3) is 7.76. The van der Waals surface area contributed by atoms with Gasteiger partial charge < -0.3 is 14.4 Å². The van der Waals surface area contributed by atoms with E-state index in [0.29, 0.717) is 5.92 Å². The van der Waals surface area contributed by atoms with Gasteiger partial charge in [0.2, 0.25) is 0 Å².